The van der Waals surface area contributed by atoms with E-state index in [0.29, 0.717) is 5.56 Å². The van der Waals surface area contributed by atoms with E-state index < -0.39 is 4.92 Å². The predicted octanol–water partition coefficient (Wildman–Crippen LogP) is 1.30. The van der Waals surface area contributed by atoms with Crippen LogP contribution >= 0.6 is 0 Å². The van der Waals surface area contributed by atoms with Crippen LogP contribution in [0, 0.1) is 15.5 Å². The van der Waals surface area contributed by atoms with Crippen molar-refractivity contribution in [2.75, 3.05) is 0 Å². The monoisotopic (exact) mass is 166 g/mol. The molecule has 0 heterocycles. The zero-order valence-electron chi connectivity index (χ0n) is 6.02. The van der Waals surface area contributed by atoms with E-state index in [-0.39, 0.29) is 11.4 Å². The van der Waals surface area contributed by atoms with Crippen LogP contribution in [-0.2, 0) is 0 Å². The summed E-state index contributed by atoms with van der Waals surface area (Å²) in [6, 6.07) is 3.76. The molecule has 0 spiro atoms. The second-order valence-corrected chi connectivity index (χ2v) is 2.15. The minimum absolute atomic E-state index is 0.379. The number of hydrogen-bond acceptors (Lipinski definition) is 4. The molecule has 12 heavy (non-hydrogen) atoms. The van der Waals surface area contributed by atoms with Crippen molar-refractivity contribution in [3.8, 4) is 5.75 Å². The number of aromatic hydroxyl groups is 1. The molecule has 5 heteroatoms. The normalized spacial score (nSPS) is 9.33. The van der Waals surface area contributed by atoms with Gasteiger partial charge in [-0.3, -0.25) is 10.1 Å². The maximum Gasteiger partial charge on any atom is 0.311 e. The topological polar surface area (TPSA) is 87.2 Å². The third kappa shape index (κ3) is 1.39. The Kier molecular flexibility index (Phi) is 2.05. The van der Waals surface area contributed by atoms with E-state index in [2.05, 4.69) is 0 Å². The number of phenols is 1. The average molecular weight is 166 g/mol. The lowest BCUT2D eigenvalue weighted by atomic mass is 10.2. The molecule has 0 saturated carbocycles. The Labute approximate surface area is 67.9 Å². The van der Waals surface area contributed by atoms with Crippen LogP contribution in [0.15, 0.2) is 18.2 Å². The van der Waals surface area contributed by atoms with Crippen LogP contribution in [0.2, 0.25) is 0 Å². The molecular weight excluding hydrogens is 160 g/mol. The summed E-state index contributed by atoms with van der Waals surface area (Å²) in [7, 11) is 0. The number of nitrogens with one attached hydrogen (secondary N) is 1. The molecule has 0 saturated heterocycles. The molecule has 1 rings (SSSR count). The molecule has 5 nitrogen and oxygen atoms in total. The molecule has 1 aromatic carbocycles. The molecule has 2 N–H and O–H groups in total. The average Bonchev–Trinajstić information content (AvgIpc) is 2.05. The Morgan fingerprint density at radius 1 is 1.58 bits per heavy atom. The molecule has 0 unspecified atom stereocenters. The second kappa shape index (κ2) is 3.00. The fraction of sp³-hybridized carbons (Fsp3) is 0. The quantitative estimate of drug-likeness (QED) is 0.394. The number of nitro groups is 1. The predicted molar refractivity (Wildman–Crippen MR) is 42.6 cm³/mol. The third-order valence-electron chi connectivity index (χ3n) is 1.36. The first-order valence-corrected chi connectivity index (χ1v) is 3.13. The van der Waals surface area contributed by atoms with Gasteiger partial charge in [-0.1, -0.05) is 0 Å². The molecule has 0 aliphatic heterocycles. The molecule has 0 amide bonds. The molecule has 1 aromatic rings. The van der Waals surface area contributed by atoms with Crippen LogP contribution in [-0.4, -0.2) is 16.2 Å². The third-order valence-corrected chi connectivity index (χ3v) is 1.36. The summed E-state index contributed by atoms with van der Waals surface area (Å²) in [6.07, 6.45) is 0.979. The lowest BCUT2D eigenvalue weighted by molar-refractivity contribution is -0.385. The van der Waals surface area contributed by atoms with Gasteiger partial charge in [-0.05, 0) is 17.7 Å². The van der Waals surface area contributed by atoms with Crippen molar-refractivity contribution in [3.05, 3.63) is 33.9 Å². The molecule has 0 radical (unpaired) electrons. The minimum atomic E-state index is -0.692. The lowest BCUT2D eigenvalue weighted by Crippen LogP contribution is -1.90. The van der Waals surface area contributed by atoms with Gasteiger partial charge in [0, 0.05) is 12.3 Å². The van der Waals surface area contributed by atoms with Crippen molar-refractivity contribution in [1.82, 2.24) is 0 Å². The number of benzene rings is 1. The van der Waals surface area contributed by atoms with Gasteiger partial charge >= 0.3 is 5.69 Å². The van der Waals surface area contributed by atoms with Crippen LogP contribution in [0.5, 0.6) is 5.75 Å². The van der Waals surface area contributed by atoms with Crippen molar-refractivity contribution in [2.24, 2.45) is 0 Å². The van der Waals surface area contributed by atoms with Gasteiger partial charge < -0.3 is 10.5 Å². The van der Waals surface area contributed by atoms with Crippen LogP contribution in [0.1, 0.15) is 5.56 Å². The Morgan fingerprint density at radius 3 is 2.75 bits per heavy atom. The molecule has 0 aliphatic rings. The molecule has 0 bridgehead atoms. The van der Waals surface area contributed by atoms with E-state index in [0.717, 1.165) is 12.3 Å². The van der Waals surface area contributed by atoms with Gasteiger partial charge in [-0.25, -0.2) is 0 Å². The number of phenolic OH excluding ortho intramolecular Hbond substituents is 1. The Balaban J connectivity index is 3.25. The van der Waals surface area contributed by atoms with E-state index in [1.54, 1.807) is 0 Å². The van der Waals surface area contributed by atoms with Crippen LogP contribution < -0.4 is 0 Å². The Hall–Kier alpha value is -1.91. The molecule has 0 atom stereocenters. The van der Waals surface area contributed by atoms with Gasteiger partial charge in [0.05, 0.1) is 4.92 Å². The van der Waals surface area contributed by atoms with Crippen molar-refractivity contribution in [3.63, 3.8) is 0 Å². The van der Waals surface area contributed by atoms with Gasteiger partial charge in [0.1, 0.15) is 0 Å². The van der Waals surface area contributed by atoms with E-state index in [1.807, 2.05) is 0 Å². The summed E-state index contributed by atoms with van der Waals surface area (Å²) in [5.74, 6) is -0.384. The van der Waals surface area contributed by atoms with E-state index in [9.17, 15) is 10.1 Å². The van der Waals surface area contributed by atoms with Gasteiger partial charge in [-0.2, -0.15) is 0 Å². The van der Waals surface area contributed by atoms with Crippen molar-refractivity contribution < 1.29 is 10.0 Å². The van der Waals surface area contributed by atoms with Gasteiger partial charge in [0.2, 0.25) is 0 Å². The highest BCUT2D eigenvalue weighted by Crippen LogP contribution is 2.25. The van der Waals surface area contributed by atoms with Crippen molar-refractivity contribution >= 4 is 11.9 Å². The number of nitrogens with zero attached hydrogens (tertiary/aromatic N) is 1. The number of rotatable bonds is 2. The Bertz CT molecular complexity index is 335. The van der Waals surface area contributed by atoms with Crippen molar-refractivity contribution in [1.29, 1.82) is 5.41 Å². The molecule has 62 valence electrons. The lowest BCUT2D eigenvalue weighted by Gasteiger charge is -1.95. The van der Waals surface area contributed by atoms with Crippen LogP contribution in [0.4, 0.5) is 5.69 Å². The first kappa shape index (κ1) is 8.19. The molecular formula is C7H6N2O3. The molecule has 0 fully saturated rings. The maximum atomic E-state index is 10.3. The van der Waals surface area contributed by atoms with Gasteiger partial charge in [0.15, 0.2) is 5.75 Å². The minimum Gasteiger partial charge on any atom is -0.502 e. The smallest absolute Gasteiger partial charge is 0.311 e. The first-order chi connectivity index (χ1) is 5.65. The number of hydrogen-bond donors (Lipinski definition) is 2. The standard InChI is InChI=1S/C7H6N2O3/c8-4-5-1-2-7(10)6(3-5)9(11)12/h1-4,8,10H. The summed E-state index contributed by atoms with van der Waals surface area (Å²) < 4.78 is 0. The maximum absolute atomic E-state index is 10.3. The second-order valence-electron chi connectivity index (χ2n) is 2.15. The SMILES string of the molecule is N=Cc1ccc(O)c([N+](=O)[O-])c1. The van der Waals surface area contributed by atoms with E-state index in [4.69, 9.17) is 10.5 Å². The summed E-state index contributed by atoms with van der Waals surface area (Å²) in [4.78, 5) is 9.57. The van der Waals surface area contributed by atoms with E-state index in [1.165, 1.54) is 12.1 Å². The zero-order chi connectivity index (χ0) is 9.14. The van der Waals surface area contributed by atoms with Crippen LogP contribution in [0.25, 0.3) is 0 Å². The summed E-state index contributed by atoms with van der Waals surface area (Å²) >= 11 is 0. The Morgan fingerprint density at radius 2 is 2.25 bits per heavy atom. The summed E-state index contributed by atoms with van der Waals surface area (Å²) in [5.41, 5.74) is 0.00972. The van der Waals surface area contributed by atoms with Gasteiger partial charge in [0.25, 0.3) is 0 Å². The fourth-order valence-electron chi connectivity index (χ4n) is 0.776. The molecule has 0 aromatic heterocycles. The van der Waals surface area contributed by atoms with Crippen molar-refractivity contribution in [2.45, 2.75) is 0 Å². The highest BCUT2D eigenvalue weighted by atomic mass is 16.6. The highest BCUT2D eigenvalue weighted by Gasteiger charge is 2.12. The van der Waals surface area contributed by atoms with Gasteiger partial charge in [-0.15, -0.1) is 0 Å². The number of nitro benzene ring substituents is 1. The summed E-state index contributed by atoms with van der Waals surface area (Å²) in [6.45, 7) is 0. The fourth-order valence-corrected chi connectivity index (χ4v) is 0.776. The van der Waals surface area contributed by atoms with E-state index >= 15 is 0 Å². The molecule has 0 aliphatic carbocycles. The zero-order valence-corrected chi connectivity index (χ0v) is 6.02. The summed E-state index contributed by atoms with van der Waals surface area (Å²) in [5, 5.41) is 26.1. The highest BCUT2D eigenvalue weighted by molar-refractivity contribution is 5.79. The first-order valence-electron chi connectivity index (χ1n) is 3.13. The van der Waals surface area contributed by atoms with Crippen LogP contribution in [0.3, 0.4) is 0 Å². The largest absolute Gasteiger partial charge is 0.502 e.